The van der Waals surface area contributed by atoms with E-state index in [4.69, 9.17) is 10.9 Å². The smallest absolute Gasteiger partial charge is 0.244 e. The predicted molar refractivity (Wildman–Crippen MR) is 45.5 cm³/mol. The topological polar surface area (TPSA) is 103 Å². The maximum atomic E-state index is 10.7. The van der Waals surface area contributed by atoms with Gasteiger partial charge in [-0.05, 0) is 13.8 Å². The molecule has 0 bridgehead atoms. The first-order valence-electron chi connectivity index (χ1n) is 3.25. The molecule has 70 valence electrons. The average Bonchev–Trinajstić information content (AvgIpc) is 1.85. The van der Waals surface area contributed by atoms with Gasteiger partial charge in [-0.3, -0.25) is 4.79 Å². The molecule has 4 N–H and O–H groups in total. The summed E-state index contributed by atoms with van der Waals surface area (Å²) in [6.45, 7) is 2.81. The highest BCUT2D eigenvalue weighted by molar-refractivity contribution is 7.89. The standard InChI is InChI=1S/C6H12N2O3S/c1-4(6(7)9)3-5(2)12(8,10)11/h3,5H,1-2H3,(H2,7,9)(H2,8,10,11). The van der Waals surface area contributed by atoms with Crippen LogP contribution in [0.4, 0.5) is 0 Å². The van der Waals surface area contributed by atoms with Crippen LogP contribution in [0.1, 0.15) is 13.8 Å². The van der Waals surface area contributed by atoms with Gasteiger partial charge in [0.15, 0.2) is 0 Å². The summed E-state index contributed by atoms with van der Waals surface area (Å²) in [5, 5.41) is 3.92. The molecule has 0 heterocycles. The lowest BCUT2D eigenvalue weighted by Crippen LogP contribution is -2.25. The summed E-state index contributed by atoms with van der Waals surface area (Å²) in [6.07, 6.45) is 1.22. The SMILES string of the molecule is CC(=CC(C)S(N)(=O)=O)C(N)=O. The van der Waals surface area contributed by atoms with Crippen molar-refractivity contribution >= 4 is 15.9 Å². The average molecular weight is 192 g/mol. The number of amides is 1. The molecule has 0 aliphatic carbocycles. The number of rotatable bonds is 3. The number of sulfonamides is 1. The van der Waals surface area contributed by atoms with E-state index in [1.54, 1.807) is 0 Å². The molecule has 6 heteroatoms. The Kier molecular flexibility index (Phi) is 3.41. The molecule has 1 amide bonds. The molecule has 0 fully saturated rings. The third kappa shape index (κ3) is 3.49. The summed E-state index contributed by atoms with van der Waals surface area (Å²) in [5.41, 5.74) is 5.08. The Hall–Kier alpha value is -0.880. The molecule has 5 nitrogen and oxygen atoms in total. The molecule has 0 aromatic heterocycles. The van der Waals surface area contributed by atoms with Gasteiger partial charge >= 0.3 is 0 Å². The second-order valence-corrected chi connectivity index (χ2v) is 4.43. The number of hydrogen-bond donors (Lipinski definition) is 2. The molecular formula is C6H12N2O3S. The van der Waals surface area contributed by atoms with E-state index in [0.717, 1.165) is 0 Å². The Labute approximate surface area is 71.5 Å². The van der Waals surface area contributed by atoms with Gasteiger partial charge in [-0.1, -0.05) is 6.08 Å². The van der Waals surface area contributed by atoms with E-state index < -0.39 is 21.2 Å². The Morgan fingerprint density at radius 1 is 1.50 bits per heavy atom. The Balaban J connectivity index is 4.68. The van der Waals surface area contributed by atoms with E-state index in [2.05, 4.69) is 0 Å². The van der Waals surface area contributed by atoms with Crippen LogP contribution < -0.4 is 10.9 Å². The third-order valence-electron chi connectivity index (χ3n) is 1.39. The van der Waals surface area contributed by atoms with Gasteiger partial charge in [0, 0.05) is 5.57 Å². The van der Waals surface area contributed by atoms with E-state index in [1.165, 1.54) is 19.9 Å². The molecule has 0 spiro atoms. The quantitative estimate of drug-likeness (QED) is 0.566. The summed E-state index contributed by atoms with van der Waals surface area (Å²) >= 11 is 0. The van der Waals surface area contributed by atoms with E-state index in [1.807, 2.05) is 0 Å². The normalized spacial score (nSPS) is 15.8. The number of hydrogen-bond acceptors (Lipinski definition) is 3. The largest absolute Gasteiger partial charge is 0.366 e. The van der Waals surface area contributed by atoms with Crippen molar-refractivity contribution in [3.05, 3.63) is 11.6 Å². The van der Waals surface area contributed by atoms with Crippen molar-refractivity contribution in [1.82, 2.24) is 0 Å². The van der Waals surface area contributed by atoms with Crippen molar-refractivity contribution in [2.45, 2.75) is 19.1 Å². The van der Waals surface area contributed by atoms with Crippen molar-refractivity contribution in [3.8, 4) is 0 Å². The molecule has 0 saturated heterocycles. The lowest BCUT2D eigenvalue weighted by Gasteiger charge is -2.03. The van der Waals surface area contributed by atoms with Crippen LogP contribution in [0.2, 0.25) is 0 Å². The van der Waals surface area contributed by atoms with Gasteiger partial charge in [-0.15, -0.1) is 0 Å². The van der Waals surface area contributed by atoms with E-state index in [9.17, 15) is 13.2 Å². The fourth-order valence-corrected chi connectivity index (χ4v) is 0.923. The number of primary sulfonamides is 1. The van der Waals surface area contributed by atoms with Crippen LogP contribution in [0.15, 0.2) is 11.6 Å². The van der Waals surface area contributed by atoms with Crippen LogP contribution >= 0.6 is 0 Å². The minimum Gasteiger partial charge on any atom is -0.366 e. The minimum absolute atomic E-state index is 0.191. The molecule has 12 heavy (non-hydrogen) atoms. The Morgan fingerprint density at radius 3 is 2.17 bits per heavy atom. The summed E-state index contributed by atoms with van der Waals surface area (Å²) in [4.78, 5) is 10.5. The van der Waals surface area contributed by atoms with Gasteiger partial charge in [-0.2, -0.15) is 0 Å². The first kappa shape index (κ1) is 11.1. The molecule has 0 aliphatic rings. The fraction of sp³-hybridized carbons (Fsp3) is 0.500. The lowest BCUT2D eigenvalue weighted by molar-refractivity contribution is -0.114. The predicted octanol–water partition coefficient (Wildman–Crippen LogP) is -0.905. The molecular weight excluding hydrogens is 180 g/mol. The molecule has 0 rings (SSSR count). The summed E-state index contributed by atoms with van der Waals surface area (Å²) in [5.74, 6) is -0.648. The highest BCUT2D eigenvalue weighted by atomic mass is 32.2. The second kappa shape index (κ2) is 3.68. The Morgan fingerprint density at radius 2 is 1.92 bits per heavy atom. The molecule has 1 atom stereocenters. The zero-order valence-corrected chi connectivity index (χ0v) is 7.76. The summed E-state index contributed by atoms with van der Waals surface area (Å²) in [7, 11) is -3.62. The van der Waals surface area contributed by atoms with Crippen molar-refractivity contribution < 1.29 is 13.2 Å². The maximum absolute atomic E-state index is 10.7. The van der Waals surface area contributed by atoms with E-state index in [0.29, 0.717) is 0 Å². The van der Waals surface area contributed by atoms with E-state index >= 15 is 0 Å². The minimum atomic E-state index is -3.62. The van der Waals surface area contributed by atoms with Gasteiger partial charge in [0.1, 0.15) is 0 Å². The zero-order valence-electron chi connectivity index (χ0n) is 6.94. The highest BCUT2D eigenvalue weighted by Crippen LogP contribution is 2.01. The van der Waals surface area contributed by atoms with Crippen LogP contribution in [0.3, 0.4) is 0 Å². The van der Waals surface area contributed by atoms with E-state index in [-0.39, 0.29) is 5.57 Å². The van der Waals surface area contributed by atoms with Gasteiger partial charge in [0.25, 0.3) is 0 Å². The van der Waals surface area contributed by atoms with Gasteiger partial charge in [-0.25, -0.2) is 13.6 Å². The van der Waals surface area contributed by atoms with Crippen LogP contribution in [0.25, 0.3) is 0 Å². The molecule has 0 aliphatic heterocycles. The van der Waals surface area contributed by atoms with Crippen LogP contribution in [0.5, 0.6) is 0 Å². The third-order valence-corrected chi connectivity index (χ3v) is 2.56. The zero-order chi connectivity index (χ0) is 9.94. The van der Waals surface area contributed by atoms with Crippen LogP contribution in [-0.2, 0) is 14.8 Å². The van der Waals surface area contributed by atoms with Crippen molar-refractivity contribution in [2.75, 3.05) is 0 Å². The van der Waals surface area contributed by atoms with Gasteiger partial charge in [0.05, 0.1) is 5.25 Å². The van der Waals surface area contributed by atoms with Crippen molar-refractivity contribution in [3.63, 3.8) is 0 Å². The van der Waals surface area contributed by atoms with Crippen molar-refractivity contribution in [1.29, 1.82) is 0 Å². The van der Waals surface area contributed by atoms with Crippen LogP contribution in [-0.4, -0.2) is 19.6 Å². The van der Waals surface area contributed by atoms with Gasteiger partial charge in [0.2, 0.25) is 15.9 Å². The highest BCUT2D eigenvalue weighted by Gasteiger charge is 2.13. The molecule has 1 unspecified atom stereocenters. The second-order valence-electron chi connectivity index (χ2n) is 2.51. The first-order chi connectivity index (χ1) is 5.25. The fourth-order valence-electron chi connectivity index (χ4n) is 0.529. The molecule has 0 radical (unpaired) electrons. The number of primary amides is 1. The first-order valence-corrected chi connectivity index (χ1v) is 4.86. The summed E-state index contributed by atoms with van der Waals surface area (Å²) < 4.78 is 21.3. The van der Waals surface area contributed by atoms with Crippen LogP contribution in [0, 0.1) is 0 Å². The maximum Gasteiger partial charge on any atom is 0.244 e. The lowest BCUT2D eigenvalue weighted by atomic mass is 10.2. The molecule has 0 aromatic rings. The number of carbonyl (C=O) groups is 1. The molecule has 0 aromatic carbocycles. The van der Waals surface area contributed by atoms with Gasteiger partial charge < -0.3 is 5.73 Å². The van der Waals surface area contributed by atoms with Crippen molar-refractivity contribution in [2.24, 2.45) is 10.9 Å². The Bertz CT molecular complexity index is 305. The summed E-state index contributed by atoms with van der Waals surface area (Å²) in [6, 6.07) is 0. The number of carbonyl (C=O) groups excluding carboxylic acids is 1. The number of nitrogens with two attached hydrogens (primary N) is 2. The monoisotopic (exact) mass is 192 g/mol. The molecule has 0 saturated carbocycles.